The highest BCUT2D eigenvalue weighted by molar-refractivity contribution is 6.30. The Labute approximate surface area is 134 Å². The summed E-state index contributed by atoms with van der Waals surface area (Å²) in [6.07, 6.45) is 0.999. The second-order valence-corrected chi connectivity index (χ2v) is 6.05. The number of anilines is 1. The summed E-state index contributed by atoms with van der Waals surface area (Å²) in [6.45, 7) is 3.06. The summed E-state index contributed by atoms with van der Waals surface area (Å²) in [6, 6.07) is 16.3. The summed E-state index contributed by atoms with van der Waals surface area (Å²) in [5, 5.41) is 9.02. The van der Waals surface area contributed by atoms with Crippen LogP contribution in [0, 0.1) is 6.92 Å². The van der Waals surface area contributed by atoms with Crippen LogP contribution in [0.2, 0.25) is 5.02 Å². The standard InChI is InChI=1S/C18H16ClN3/c1-12-4-2-5-13(10-12)17-16-8-9-20-18(16)22(21-17)15-7-3-6-14(19)11-15/h2-7,10-11,20H,8-9H2,1H3. The molecule has 0 radical (unpaired) electrons. The van der Waals surface area contributed by atoms with E-state index < -0.39 is 0 Å². The predicted molar refractivity (Wildman–Crippen MR) is 90.9 cm³/mol. The van der Waals surface area contributed by atoms with E-state index in [-0.39, 0.29) is 0 Å². The van der Waals surface area contributed by atoms with Crippen molar-refractivity contribution in [3.8, 4) is 16.9 Å². The first kappa shape index (κ1) is 13.4. The van der Waals surface area contributed by atoms with Gasteiger partial charge in [0.2, 0.25) is 0 Å². The number of hydrogen-bond donors (Lipinski definition) is 1. The third-order valence-corrected chi connectivity index (χ3v) is 4.23. The fraction of sp³-hybridized carbons (Fsp3) is 0.167. The van der Waals surface area contributed by atoms with Gasteiger partial charge in [-0.1, -0.05) is 41.4 Å². The topological polar surface area (TPSA) is 29.9 Å². The van der Waals surface area contributed by atoms with Gasteiger partial charge in [0.15, 0.2) is 0 Å². The predicted octanol–water partition coefficient (Wildman–Crippen LogP) is 4.47. The van der Waals surface area contributed by atoms with Crippen molar-refractivity contribution in [2.24, 2.45) is 0 Å². The smallest absolute Gasteiger partial charge is 0.133 e. The molecule has 1 aliphatic heterocycles. The number of nitrogens with zero attached hydrogens (tertiary/aromatic N) is 2. The van der Waals surface area contributed by atoms with Gasteiger partial charge in [-0.15, -0.1) is 0 Å². The molecular formula is C18H16ClN3. The van der Waals surface area contributed by atoms with E-state index in [4.69, 9.17) is 16.7 Å². The molecule has 0 saturated carbocycles. The number of fused-ring (bicyclic) bond motifs is 1. The number of halogens is 1. The molecule has 2 heterocycles. The molecule has 0 unspecified atom stereocenters. The largest absolute Gasteiger partial charge is 0.369 e. The highest BCUT2D eigenvalue weighted by Crippen LogP contribution is 2.35. The Kier molecular flexibility index (Phi) is 3.16. The minimum atomic E-state index is 0.719. The first-order valence-corrected chi connectivity index (χ1v) is 7.79. The van der Waals surface area contributed by atoms with Crippen LogP contribution in [-0.4, -0.2) is 16.3 Å². The molecule has 0 fully saturated rings. The minimum absolute atomic E-state index is 0.719. The molecule has 4 rings (SSSR count). The number of benzene rings is 2. The first-order chi connectivity index (χ1) is 10.7. The van der Waals surface area contributed by atoms with Crippen LogP contribution in [0.15, 0.2) is 48.5 Å². The van der Waals surface area contributed by atoms with E-state index in [1.54, 1.807) is 0 Å². The Balaban J connectivity index is 1.90. The maximum atomic E-state index is 6.13. The SMILES string of the molecule is Cc1cccc(-c2nn(-c3cccc(Cl)c3)c3c2CCN3)c1. The number of nitrogens with one attached hydrogen (secondary N) is 1. The molecular weight excluding hydrogens is 294 g/mol. The summed E-state index contributed by atoms with van der Waals surface area (Å²) in [4.78, 5) is 0. The van der Waals surface area contributed by atoms with Crippen molar-refractivity contribution in [2.45, 2.75) is 13.3 Å². The minimum Gasteiger partial charge on any atom is -0.369 e. The van der Waals surface area contributed by atoms with Gasteiger partial charge in [0, 0.05) is 22.7 Å². The summed E-state index contributed by atoms with van der Waals surface area (Å²) in [5.74, 6) is 1.08. The van der Waals surface area contributed by atoms with Gasteiger partial charge in [-0.2, -0.15) is 5.10 Å². The molecule has 2 aromatic carbocycles. The molecule has 1 aliphatic rings. The van der Waals surface area contributed by atoms with E-state index >= 15 is 0 Å². The van der Waals surface area contributed by atoms with Gasteiger partial charge >= 0.3 is 0 Å². The molecule has 110 valence electrons. The average molecular weight is 310 g/mol. The van der Waals surface area contributed by atoms with Crippen molar-refractivity contribution < 1.29 is 0 Å². The first-order valence-electron chi connectivity index (χ1n) is 7.41. The Hall–Kier alpha value is -2.26. The molecule has 1 aromatic heterocycles. The van der Waals surface area contributed by atoms with Crippen molar-refractivity contribution in [1.29, 1.82) is 0 Å². The highest BCUT2D eigenvalue weighted by Gasteiger charge is 2.23. The van der Waals surface area contributed by atoms with E-state index in [1.165, 1.54) is 16.7 Å². The fourth-order valence-electron chi connectivity index (χ4n) is 2.99. The Bertz CT molecular complexity index is 783. The zero-order valence-corrected chi connectivity index (χ0v) is 13.1. The molecule has 0 aliphatic carbocycles. The molecule has 0 amide bonds. The Morgan fingerprint density at radius 1 is 1.14 bits per heavy atom. The van der Waals surface area contributed by atoms with Crippen LogP contribution in [0.4, 0.5) is 5.82 Å². The van der Waals surface area contributed by atoms with Crippen molar-refractivity contribution >= 4 is 17.4 Å². The monoisotopic (exact) mass is 309 g/mol. The van der Waals surface area contributed by atoms with E-state index in [1.807, 2.05) is 28.9 Å². The quantitative estimate of drug-likeness (QED) is 0.757. The normalized spacial score (nSPS) is 13.0. The Morgan fingerprint density at radius 2 is 2.00 bits per heavy atom. The van der Waals surface area contributed by atoms with Crippen LogP contribution in [0.3, 0.4) is 0 Å². The van der Waals surface area contributed by atoms with E-state index in [9.17, 15) is 0 Å². The summed E-state index contributed by atoms with van der Waals surface area (Å²) in [5.41, 5.74) is 5.74. The lowest BCUT2D eigenvalue weighted by molar-refractivity contribution is 0.882. The summed E-state index contributed by atoms with van der Waals surface area (Å²) < 4.78 is 1.96. The number of hydrogen-bond acceptors (Lipinski definition) is 2. The van der Waals surface area contributed by atoms with Crippen LogP contribution in [-0.2, 0) is 6.42 Å². The molecule has 4 heteroatoms. The molecule has 0 saturated heterocycles. The second-order valence-electron chi connectivity index (χ2n) is 5.61. The van der Waals surface area contributed by atoms with Gasteiger partial charge in [0.25, 0.3) is 0 Å². The number of aryl methyl sites for hydroxylation is 1. The lowest BCUT2D eigenvalue weighted by atomic mass is 10.0. The summed E-state index contributed by atoms with van der Waals surface area (Å²) in [7, 11) is 0. The lowest BCUT2D eigenvalue weighted by Gasteiger charge is -2.06. The molecule has 0 atom stereocenters. The number of rotatable bonds is 2. The van der Waals surface area contributed by atoms with Crippen molar-refractivity contribution in [3.63, 3.8) is 0 Å². The molecule has 0 spiro atoms. The maximum absolute atomic E-state index is 6.13. The molecule has 0 bridgehead atoms. The van der Waals surface area contributed by atoms with Gasteiger partial charge < -0.3 is 5.32 Å². The van der Waals surface area contributed by atoms with Crippen molar-refractivity contribution in [1.82, 2.24) is 9.78 Å². The molecule has 3 aromatic rings. The van der Waals surface area contributed by atoms with E-state index in [2.05, 4.69) is 36.5 Å². The van der Waals surface area contributed by atoms with Crippen LogP contribution < -0.4 is 5.32 Å². The third-order valence-electron chi connectivity index (χ3n) is 4.00. The lowest BCUT2D eigenvalue weighted by Crippen LogP contribution is -2.04. The second kappa shape index (κ2) is 5.18. The van der Waals surface area contributed by atoms with Gasteiger partial charge in [-0.3, -0.25) is 0 Å². The van der Waals surface area contributed by atoms with Gasteiger partial charge in [0.05, 0.1) is 11.4 Å². The fourth-order valence-corrected chi connectivity index (χ4v) is 3.18. The molecule has 1 N–H and O–H groups in total. The van der Waals surface area contributed by atoms with Crippen LogP contribution in [0.25, 0.3) is 16.9 Å². The van der Waals surface area contributed by atoms with E-state index in [0.29, 0.717) is 0 Å². The van der Waals surface area contributed by atoms with Crippen LogP contribution in [0.5, 0.6) is 0 Å². The highest BCUT2D eigenvalue weighted by atomic mass is 35.5. The van der Waals surface area contributed by atoms with Crippen LogP contribution >= 0.6 is 11.6 Å². The maximum Gasteiger partial charge on any atom is 0.133 e. The molecule has 22 heavy (non-hydrogen) atoms. The van der Waals surface area contributed by atoms with Gasteiger partial charge in [-0.05, 0) is 37.6 Å². The van der Waals surface area contributed by atoms with E-state index in [0.717, 1.165) is 35.2 Å². The van der Waals surface area contributed by atoms with Gasteiger partial charge in [0.1, 0.15) is 5.82 Å². The summed E-state index contributed by atoms with van der Waals surface area (Å²) >= 11 is 6.13. The zero-order chi connectivity index (χ0) is 15.1. The molecule has 3 nitrogen and oxygen atoms in total. The van der Waals surface area contributed by atoms with Crippen LogP contribution in [0.1, 0.15) is 11.1 Å². The van der Waals surface area contributed by atoms with Crippen molar-refractivity contribution in [3.05, 3.63) is 64.7 Å². The third kappa shape index (κ3) is 2.18. The van der Waals surface area contributed by atoms with Gasteiger partial charge in [-0.25, -0.2) is 4.68 Å². The Morgan fingerprint density at radius 3 is 2.82 bits per heavy atom. The zero-order valence-electron chi connectivity index (χ0n) is 12.3. The number of aromatic nitrogens is 2. The average Bonchev–Trinajstić information content (AvgIpc) is 3.09. The van der Waals surface area contributed by atoms with Crippen molar-refractivity contribution in [2.75, 3.05) is 11.9 Å².